The van der Waals surface area contributed by atoms with Gasteiger partial charge in [-0.25, -0.2) is 8.42 Å². The summed E-state index contributed by atoms with van der Waals surface area (Å²) in [5.74, 6) is -1.19. The van der Waals surface area contributed by atoms with Crippen LogP contribution in [0.2, 0.25) is 0 Å². The minimum absolute atomic E-state index is 0.00716. The number of aryl methyl sites for hydroxylation is 2. The summed E-state index contributed by atoms with van der Waals surface area (Å²) in [5, 5.41) is 2.85. The summed E-state index contributed by atoms with van der Waals surface area (Å²) in [6.07, 6.45) is -0.678. The number of nitrogens with one attached hydrogen (secondary N) is 1. The highest BCUT2D eigenvalue weighted by Crippen LogP contribution is 2.26. The molecule has 0 spiro atoms. The van der Waals surface area contributed by atoms with Crippen molar-refractivity contribution < 1.29 is 22.7 Å². The van der Waals surface area contributed by atoms with Crippen LogP contribution < -0.4 is 5.32 Å². The smallest absolute Gasteiger partial charge is 0.307 e. The van der Waals surface area contributed by atoms with E-state index in [0.717, 1.165) is 11.1 Å². The monoisotopic (exact) mass is 415 g/mol. The van der Waals surface area contributed by atoms with Crippen LogP contribution in [0.3, 0.4) is 0 Å². The molecule has 0 aromatic heterocycles. The number of sulfone groups is 1. The predicted molar refractivity (Wildman–Crippen MR) is 111 cm³/mol. The Kier molecular flexibility index (Phi) is 6.37. The van der Waals surface area contributed by atoms with Gasteiger partial charge in [-0.2, -0.15) is 0 Å². The molecule has 2 aromatic carbocycles. The minimum atomic E-state index is -3.07. The van der Waals surface area contributed by atoms with Crippen molar-refractivity contribution in [1.29, 1.82) is 0 Å². The Morgan fingerprint density at radius 1 is 1.14 bits per heavy atom. The van der Waals surface area contributed by atoms with Gasteiger partial charge in [0, 0.05) is 17.7 Å². The minimum Gasteiger partial charge on any atom is -0.447 e. The molecular weight excluding hydrogens is 390 g/mol. The van der Waals surface area contributed by atoms with Crippen molar-refractivity contribution in [2.75, 3.05) is 16.8 Å². The number of anilines is 1. The Morgan fingerprint density at radius 2 is 1.86 bits per heavy atom. The average Bonchev–Trinajstić information content (AvgIpc) is 3.01. The van der Waals surface area contributed by atoms with Crippen LogP contribution in [0.25, 0.3) is 0 Å². The molecule has 1 N–H and O–H groups in total. The zero-order chi connectivity index (χ0) is 21.0. The lowest BCUT2D eigenvalue weighted by Gasteiger charge is -2.20. The maximum absolute atomic E-state index is 13.0. The first kappa shape index (κ1) is 21.0. The van der Waals surface area contributed by atoms with Gasteiger partial charge in [0.1, 0.15) is 0 Å². The van der Waals surface area contributed by atoms with E-state index in [1.165, 1.54) is 0 Å². The van der Waals surface area contributed by atoms with Crippen LogP contribution in [0.1, 0.15) is 35.6 Å². The first-order chi connectivity index (χ1) is 13.7. The first-order valence-corrected chi connectivity index (χ1v) is 11.4. The van der Waals surface area contributed by atoms with E-state index in [1.54, 1.807) is 24.3 Å². The number of hydrogen-bond donors (Lipinski definition) is 1. The molecule has 0 bridgehead atoms. The van der Waals surface area contributed by atoms with E-state index in [2.05, 4.69) is 5.32 Å². The molecule has 7 heteroatoms. The number of carbonyl (C=O) groups excluding carboxylic acids is 2. The fourth-order valence-corrected chi connectivity index (χ4v) is 5.28. The van der Waals surface area contributed by atoms with Crippen molar-refractivity contribution in [2.45, 2.75) is 32.8 Å². The molecule has 29 heavy (non-hydrogen) atoms. The molecule has 0 aliphatic carbocycles. The predicted octanol–water partition coefficient (Wildman–Crippen LogP) is 3.35. The van der Waals surface area contributed by atoms with Gasteiger partial charge in [-0.3, -0.25) is 9.59 Å². The molecule has 3 rings (SSSR count). The lowest BCUT2D eigenvalue weighted by Crippen LogP contribution is -2.27. The Hall–Kier alpha value is -2.67. The summed E-state index contributed by atoms with van der Waals surface area (Å²) in [7, 11) is -3.07. The molecule has 1 fully saturated rings. The van der Waals surface area contributed by atoms with E-state index >= 15 is 0 Å². The third kappa shape index (κ3) is 5.67. The van der Waals surface area contributed by atoms with Crippen molar-refractivity contribution in [3.8, 4) is 0 Å². The van der Waals surface area contributed by atoms with Crippen LogP contribution in [-0.2, 0) is 24.2 Å². The van der Waals surface area contributed by atoms with Gasteiger partial charge in [-0.05, 0) is 43.4 Å². The van der Waals surface area contributed by atoms with E-state index in [9.17, 15) is 18.0 Å². The van der Waals surface area contributed by atoms with E-state index < -0.39 is 27.8 Å². The zero-order valence-corrected chi connectivity index (χ0v) is 17.4. The second-order valence-electron chi connectivity index (χ2n) is 7.56. The SMILES string of the molecule is Cc1ccc(C)c(NC(=O)C(OC(=O)CC2CCS(=O)(=O)C2)c2ccccc2)c1. The van der Waals surface area contributed by atoms with Crippen LogP contribution >= 0.6 is 0 Å². The van der Waals surface area contributed by atoms with Crippen molar-refractivity contribution in [2.24, 2.45) is 5.92 Å². The number of amides is 1. The summed E-state index contributed by atoms with van der Waals surface area (Å²) >= 11 is 0. The Morgan fingerprint density at radius 3 is 2.52 bits per heavy atom. The highest BCUT2D eigenvalue weighted by Gasteiger charge is 2.32. The zero-order valence-electron chi connectivity index (χ0n) is 16.6. The highest BCUT2D eigenvalue weighted by molar-refractivity contribution is 7.91. The van der Waals surface area contributed by atoms with Crippen LogP contribution in [0.5, 0.6) is 0 Å². The van der Waals surface area contributed by atoms with Gasteiger partial charge in [0.15, 0.2) is 9.84 Å². The summed E-state index contributed by atoms with van der Waals surface area (Å²) < 4.78 is 28.8. The van der Waals surface area contributed by atoms with Crippen molar-refractivity contribution in [3.63, 3.8) is 0 Å². The number of ether oxygens (including phenoxy) is 1. The van der Waals surface area contributed by atoms with Gasteiger partial charge >= 0.3 is 5.97 Å². The number of rotatable bonds is 6. The number of hydrogen-bond acceptors (Lipinski definition) is 5. The first-order valence-electron chi connectivity index (χ1n) is 9.56. The molecule has 2 atom stereocenters. The third-order valence-electron chi connectivity index (χ3n) is 5.02. The third-order valence-corrected chi connectivity index (χ3v) is 6.86. The van der Waals surface area contributed by atoms with Crippen LogP contribution in [0.15, 0.2) is 48.5 Å². The van der Waals surface area contributed by atoms with Gasteiger partial charge in [0.25, 0.3) is 5.91 Å². The van der Waals surface area contributed by atoms with Gasteiger partial charge in [-0.1, -0.05) is 42.5 Å². The molecule has 154 valence electrons. The lowest BCUT2D eigenvalue weighted by atomic mass is 10.0. The van der Waals surface area contributed by atoms with Gasteiger partial charge in [0.05, 0.1) is 11.5 Å². The molecule has 2 unspecified atom stereocenters. The molecule has 2 aromatic rings. The quantitative estimate of drug-likeness (QED) is 0.731. The summed E-state index contributed by atoms with van der Waals surface area (Å²) in [4.78, 5) is 25.4. The number of benzene rings is 2. The summed E-state index contributed by atoms with van der Waals surface area (Å²) in [6, 6.07) is 14.5. The Bertz CT molecular complexity index is 1000. The topological polar surface area (TPSA) is 89.5 Å². The highest BCUT2D eigenvalue weighted by atomic mass is 32.2. The summed E-state index contributed by atoms with van der Waals surface area (Å²) in [6.45, 7) is 3.82. The summed E-state index contributed by atoms with van der Waals surface area (Å²) in [5.41, 5.74) is 3.12. The van der Waals surface area contributed by atoms with Gasteiger partial charge in [-0.15, -0.1) is 0 Å². The second kappa shape index (κ2) is 8.78. The van der Waals surface area contributed by atoms with Crippen molar-refractivity contribution in [1.82, 2.24) is 0 Å². The fraction of sp³-hybridized carbons (Fsp3) is 0.364. The van der Waals surface area contributed by atoms with E-state index in [1.807, 2.05) is 38.1 Å². The van der Waals surface area contributed by atoms with E-state index in [-0.39, 0.29) is 23.8 Å². The molecule has 0 saturated carbocycles. The molecule has 6 nitrogen and oxygen atoms in total. The fourth-order valence-electron chi connectivity index (χ4n) is 3.42. The van der Waals surface area contributed by atoms with Gasteiger partial charge in [0.2, 0.25) is 6.10 Å². The molecule has 1 saturated heterocycles. The molecule has 1 heterocycles. The van der Waals surface area contributed by atoms with E-state index in [0.29, 0.717) is 17.7 Å². The van der Waals surface area contributed by atoms with Crippen molar-refractivity contribution in [3.05, 3.63) is 65.2 Å². The van der Waals surface area contributed by atoms with Crippen molar-refractivity contribution >= 4 is 27.4 Å². The molecule has 1 aliphatic heterocycles. The number of esters is 1. The van der Waals surface area contributed by atoms with Crippen LogP contribution in [0, 0.1) is 19.8 Å². The van der Waals surface area contributed by atoms with E-state index in [4.69, 9.17) is 4.74 Å². The largest absolute Gasteiger partial charge is 0.447 e. The second-order valence-corrected chi connectivity index (χ2v) is 9.79. The Labute approximate surface area is 171 Å². The maximum Gasteiger partial charge on any atom is 0.307 e. The molecular formula is C22H25NO5S. The molecule has 1 amide bonds. The van der Waals surface area contributed by atoms with Gasteiger partial charge < -0.3 is 10.1 Å². The molecule has 1 aliphatic rings. The average molecular weight is 416 g/mol. The molecule has 0 radical (unpaired) electrons. The Balaban J connectivity index is 1.75. The van der Waals surface area contributed by atoms with Crippen LogP contribution in [0.4, 0.5) is 5.69 Å². The lowest BCUT2D eigenvalue weighted by molar-refractivity contribution is -0.155. The standard InChI is InChI=1S/C22H25NO5S/c1-15-8-9-16(2)19(12-15)23-22(25)21(18-6-4-3-5-7-18)28-20(24)13-17-10-11-29(26,27)14-17/h3-9,12,17,21H,10-11,13-14H2,1-2H3,(H,23,25). The van der Waals surface area contributed by atoms with Crippen LogP contribution in [-0.4, -0.2) is 31.8 Å². The normalized spacial score (nSPS) is 18.8. The number of carbonyl (C=O) groups is 2. The maximum atomic E-state index is 13.0.